The minimum atomic E-state index is 0.0703. The van der Waals surface area contributed by atoms with Crippen LogP contribution in [0.25, 0.3) is 10.2 Å². The van der Waals surface area contributed by atoms with E-state index in [2.05, 4.69) is 29.4 Å². The quantitative estimate of drug-likeness (QED) is 0.431. The number of rotatable bonds is 8. The summed E-state index contributed by atoms with van der Waals surface area (Å²) in [4.78, 5) is 19.9. The molecule has 140 valence electrons. The number of tetrazole rings is 1. The summed E-state index contributed by atoms with van der Waals surface area (Å²) in [6, 6.07) is 0. The lowest BCUT2D eigenvalue weighted by atomic mass is 10.2. The van der Waals surface area contributed by atoms with Crippen molar-refractivity contribution in [3.63, 3.8) is 0 Å². The Labute approximate surface area is 160 Å². The zero-order chi connectivity index (χ0) is 18.7. The molecular weight excluding hydrogens is 368 g/mol. The van der Waals surface area contributed by atoms with Crippen LogP contribution in [0.15, 0.2) is 9.95 Å². The summed E-state index contributed by atoms with van der Waals surface area (Å²) in [5.74, 6) is 1.41. The lowest BCUT2D eigenvalue weighted by Gasteiger charge is -2.11. The van der Waals surface area contributed by atoms with Crippen molar-refractivity contribution in [1.82, 2.24) is 29.8 Å². The third-order valence-corrected chi connectivity index (χ3v) is 6.43. The van der Waals surface area contributed by atoms with Crippen LogP contribution in [0.4, 0.5) is 0 Å². The van der Waals surface area contributed by atoms with Gasteiger partial charge < -0.3 is 0 Å². The summed E-state index contributed by atoms with van der Waals surface area (Å²) >= 11 is 3.13. The molecule has 0 aliphatic carbocycles. The van der Waals surface area contributed by atoms with Gasteiger partial charge in [-0.1, -0.05) is 32.0 Å². The highest BCUT2D eigenvalue weighted by atomic mass is 32.2. The number of thiophene rings is 1. The summed E-state index contributed by atoms with van der Waals surface area (Å²) in [6.07, 6.45) is 2.96. The molecule has 0 aliphatic rings. The molecule has 0 saturated carbocycles. The first-order valence-corrected chi connectivity index (χ1v) is 10.7. The van der Waals surface area contributed by atoms with E-state index in [1.54, 1.807) is 11.3 Å². The molecule has 3 aromatic rings. The molecule has 3 aromatic heterocycles. The molecule has 0 bridgehead atoms. The Hall–Kier alpha value is -1.74. The minimum Gasteiger partial charge on any atom is -0.287 e. The van der Waals surface area contributed by atoms with E-state index in [1.165, 1.54) is 11.8 Å². The van der Waals surface area contributed by atoms with Crippen molar-refractivity contribution in [2.75, 3.05) is 0 Å². The third kappa shape index (κ3) is 3.68. The van der Waals surface area contributed by atoms with Gasteiger partial charge in [-0.25, -0.2) is 9.67 Å². The maximum atomic E-state index is 13.1. The minimum absolute atomic E-state index is 0.0703. The van der Waals surface area contributed by atoms with Gasteiger partial charge in [-0.05, 0) is 42.7 Å². The molecule has 0 amide bonds. The second-order valence-electron chi connectivity index (χ2n) is 6.28. The van der Waals surface area contributed by atoms with Crippen LogP contribution in [0.3, 0.4) is 0 Å². The highest BCUT2D eigenvalue weighted by Crippen LogP contribution is 2.29. The Morgan fingerprint density at radius 3 is 2.69 bits per heavy atom. The lowest BCUT2D eigenvalue weighted by molar-refractivity contribution is 0.555. The van der Waals surface area contributed by atoms with Crippen LogP contribution in [0.1, 0.15) is 49.4 Å². The molecular formula is C17H24N6OS2. The molecule has 0 N–H and O–H groups in total. The Bertz CT molecular complexity index is 958. The molecule has 0 unspecified atom stereocenters. The van der Waals surface area contributed by atoms with Crippen molar-refractivity contribution in [2.45, 2.75) is 71.0 Å². The second kappa shape index (κ2) is 8.30. The Balaban J connectivity index is 1.97. The SMILES string of the molecule is CCCCn1c(SCc2nnnn2CCC)nc2sc(C)c(C)c2c1=O. The predicted octanol–water partition coefficient (Wildman–Crippen LogP) is 3.56. The van der Waals surface area contributed by atoms with E-state index >= 15 is 0 Å². The first kappa shape index (κ1) is 19.0. The summed E-state index contributed by atoms with van der Waals surface area (Å²) < 4.78 is 3.64. The fourth-order valence-corrected chi connectivity index (χ4v) is 4.80. The van der Waals surface area contributed by atoms with Crippen molar-refractivity contribution >= 4 is 33.3 Å². The van der Waals surface area contributed by atoms with Gasteiger partial charge in [-0.15, -0.1) is 16.4 Å². The molecule has 0 fully saturated rings. The van der Waals surface area contributed by atoms with E-state index in [-0.39, 0.29) is 5.56 Å². The number of aryl methyl sites for hydroxylation is 3. The normalized spacial score (nSPS) is 11.5. The van der Waals surface area contributed by atoms with Crippen LogP contribution in [-0.2, 0) is 18.8 Å². The van der Waals surface area contributed by atoms with Gasteiger partial charge in [0, 0.05) is 18.0 Å². The van der Waals surface area contributed by atoms with Crippen molar-refractivity contribution < 1.29 is 0 Å². The molecule has 9 heteroatoms. The maximum absolute atomic E-state index is 13.1. The maximum Gasteiger partial charge on any atom is 0.263 e. The van der Waals surface area contributed by atoms with Crippen LogP contribution < -0.4 is 5.56 Å². The van der Waals surface area contributed by atoms with Gasteiger partial charge >= 0.3 is 0 Å². The molecule has 0 spiro atoms. The average Bonchev–Trinajstić information content (AvgIpc) is 3.17. The number of unbranched alkanes of at least 4 members (excludes halogenated alkanes) is 1. The second-order valence-corrected chi connectivity index (χ2v) is 8.42. The van der Waals surface area contributed by atoms with Crippen LogP contribution in [0.5, 0.6) is 0 Å². The fraction of sp³-hybridized carbons (Fsp3) is 0.588. The van der Waals surface area contributed by atoms with Crippen molar-refractivity contribution in [2.24, 2.45) is 0 Å². The molecule has 0 saturated heterocycles. The fourth-order valence-electron chi connectivity index (χ4n) is 2.77. The Morgan fingerprint density at radius 1 is 1.15 bits per heavy atom. The third-order valence-electron chi connectivity index (χ3n) is 4.36. The topological polar surface area (TPSA) is 78.5 Å². The molecule has 0 aromatic carbocycles. The van der Waals surface area contributed by atoms with Crippen molar-refractivity contribution in [3.05, 3.63) is 26.6 Å². The molecule has 7 nitrogen and oxygen atoms in total. The van der Waals surface area contributed by atoms with Gasteiger partial charge in [0.1, 0.15) is 4.83 Å². The number of hydrogen-bond donors (Lipinski definition) is 0. The number of thioether (sulfide) groups is 1. The van der Waals surface area contributed by atoms with Crippen molar-refractivity contribution in [1.29, 1.82) is 0 Å². The predicted molar refractivity (Wildman–Crippen MR) is 106 cm³/mol. The largest absolute Gasteiger partial charge is 0.287 e. The zero-order valence-electron chi connectivity index (χ0n) is 15.7. The van der Waals surface area contributed by atoms with Gasteiger partial charge in [0.05, 0.1) is 11.1 Å². The van der Waals surface area contributed by atoms with E-state index in [1.807, 2.05) is 23.1 Å². The van der Waals surface area contributed by atoms with Gasteiger partial charge in [0.2, 0.25) is 0 Å². The van der Waals surface area contributed by atoms with Gasteiger partial charge in [0.25, 0.3) is 5.56 Å². The van der Waals surface area contributed by atoms with E-state index in [9.17, 15) is 4.79 Å². The molecule has 0 aliphatic heterocycles. The number of nitrogens with zero attached hydrogens (tertiary/aromatic N) is 6. The van der Waals surface area contributed by atoms with Gasteiger partial charge in [-0.2, -0.15) is 0 Å². The highest BCUT2D eigenvalue weighted by molar-refractivity contribution is 7.98. The molecule has 3 rings (SSSR count). The monoisotopic (exact) mass is 392 g/mol. The smallest absolute Gasteiger partial charge is 0.263 e. The summed E-state index contributed by atoms with van der Waals surface area (Å²) in [7, 11) is 0. The van der Waals surface area contributed by atoms with Crippen LogP contribution in [0, 0.1) is 13.8 Å². The first-order valence-electron chi connectivity index (χ1n) is 8.95. The van der Waals surface area contributed by atoms with Crippen LogP contribution >= 0.6 is 23.1 Å². The van der Waals surface area contributed by atoms with Crippen molar-refractivity contribution in [3.8, 4) is 0 Å². The van der Waals surface area contributed by atoms with Gasteiger partial charge in [-0.3, -0.25) is 9.36 Å². The number of fused-ring (bicyclic) bond motifs is 1. The summed E-state index contributed by atoms with van der Waals surface area (Å²) in [6.45, 7) is 9.76. The van der Waals surface area contributed by atoms with E-state index in [0.29, 0.717) is 12.3 Å². The Morgan fingerprint density at radius 2 is 1.96 bits per heavy atom. The zero-order valence-corrected chi connectivity index (χ0v) is 17.3. The first-order chi connectivity index (χ1) is 12.6. The lowest BCUT2D eigenvalue weighted by Crippen LogP contribution is -2.23. The number of hydrogen-bond acceptors (Lipinski definition) is 7. The van der Waals surface area contributed by atoms with Crippen LogP contribution in [0.2, 0.25) is 0 Å². The van der Waals surface area contributed by atoms with E-state index in [4.69, 9.17) is 4.98 Å². The number of aromatic nitrogens is 6. The summed E-state index contributed by atoms with van der Waals surface area (Å²) in [5, 5.41) is 13.4. The van der Waals surface area contributed by atoms with E-state index in [0.717, 1.165) is 57.4 Å². The molecule has 0 atom stereocenters. The van der Waals surface area contributed by atoms with E-state index < -0.39 is 0 Å². The van der Waals surface area contributed by atoms with Crippen LogP contribution in [-0.4, -0.2) is 29.8 Å². The molecule has 0 radical (unpaired) electrons. The summed E-state index contributed by atoms with van der Waals surface area (Å²) in [5.41, 5.74) is 1.12. The standard InChI is InChI=1S/C17H24N6OS2/c1-5-7-9-22-16(24)14-11(3)12(4)26-15(14)18-17(22)25-10-13-19-20-21-23(13)8-6-2/h5-10H2,1-4H3. The highest BCUT2D eigenvalue weighted by Gasteiger charge is 2.17. The van der Waals surface area contributed by atoms with Gasteiger partial charge in [0.15, 0.2) is 11.0 Å². The average molecular weight is 393 g/mol. The molecule has 3 heterocycles. The molecule has 26 heavy (non-hydrogen) atoms. The Kier molecular flexibility index (Phi) is 6.08.